The molecule has 0 amide bonds. The number of aromatic nitrogens is 1. The lowest BCUT2D eigenvalue weighted by Crippen LogP contribution is -2.35. The van der Waals surface area contributed by atoms with Crippen molar-refractivity contribution >= 4 is 22.4 Å². The Hall–Kier alpha value is -2.20. The highest BCUT2D eigenvalue weighted by Crippen LogP contribution is 2.28. The average Bonchev–Trinajstić information content (AvgIpc) is 2.65. The Morgan fingerprint density at radius 3 is 2.68 bits per heavy atom. The summed E-state index contributed by atoms with van der Waals surface area (Å²) in [6.45, 7) is 8.36. The van der Waals surface area contributed by atoms with Crippen LogP contribution in [0.1, 0.15) is 33.1 Å². The summed E-state index contributed by atoms with van der Waals surface area (Å²) in [5, 5.41) is 1.13. The minimum Gasteiger partial charge on any atom is -0.344 e. The molecule has 0 spiro atoms. The molecule has 0 N–H and O–H groups in total. The van der Waals surface area contributed by atoms with E-state index in [4.69, 9.17) is 0 Å². The van der Waals surface area contributed by atoms with Gasteiger partial charge in [0.1, 0.15) is 0 Å². The highest BCUT2D eigenvalue weighted by molar-refractivity contribution is 5.92. The molecule has 0 fully saturated rings. The zero-order valence-corrected chi connectivity index (χ0v) is 15.2. The van der Waals surface area contributed by atoms with Crippen LogP contribution >= 0.6 is 0 Å². The number of ketones is 1. The molecule has 1 aromatic carbocycles. The number of rotatable bonds is 7. The Kier molecular flexibility index (Phi) is 5.82. The van der Waals surface area contributed by atoms with Crippen LogP contribution in [0.3, 0.4) is 0 Å². The summed E-state index contributed by atoms with van der Waals surface area (Å²) in [6, 6.07) is 10.4. The molecule has 1 aromatic heterocycles. The van der Waals surface area contributed by atoms with Gasteiger partial charge in [-0.2, -0.15) is 0 Å². The van der Waals surface area contributed by atoms with Crippen molar-refractivity contribution in [2.24, 2.45) is 0 Å². The summed E-state index contributed by atoms with van der Waals surface area (Å²) in [5.74, 6) is 0.247. The van der Waals surface area contributed by atoms with Crippen LogP contribution in [0.25, 0.3) is 10.9 Å². The molecule has 1 aliphatic carbocycles. The van der Waals surface area contributed by atoms with E-state index >= 15 is 0 Å². The van der Waals surface area contributed by atoms with Gasteiger partial charge in [0.15, 0.2) is 5.78 Å². The Balaban J connectivity index is 1.92. The first-order valence-electron chi connectivity index (χ1n) is 9.29. The van der Waals surface area contributed by atoms with Crippen LogP contribution in [0.4, 0.5) is 5.69 Å². The van der Waals surface area contributed by atoms with Crippen molar-refractivity contribution in [3.05, 3.63) is 48.3 Å². The number of hydrogen-bond acceptors (Lipinski definition) is 4. The number of carbonyl (C=O) groups is 1. The zero-order valence-electron chi connectivity index (χ0n) is 15.2. The van der Waals surface area contributed by atoms with E-state index in [1.807, 2.05) is 18.3 Å². The maximum absolute atomic E-state index is 11.9. The number of nitrogens with zero attached hydrogens (tertiary/aromatic N) is 3. The van der Waals surface area contributed by atoms with E-state index in [0.29, 0.717) is 6.42 Å². The Bertz CT molecular complexity index is 765. The molecule has 0 saturated carbocycles. The van der Waals surface area contributed by atoms with Gasteiger partial charge in [-0.25, -0.2) is 0 Å². The van der Waals surface area contributed by atoms with Gasteiger partial charge < -0.3 is 9.80 Å². The molecule has 4 nitrogen and oxygen atoms in total. The van der Waals surface area contributed by atoms with Gasteiger partial charge in [0, 0.05) is 48.6 Å². The van der Waals surface area contributed by atoms with Crippen LogP contribution in [0, 0.1) is 0 Å². The first-order valence-corrected chi connectivity index (χ1v) is 9.29. The molecule has 3 rings (SSSR count). The SMILES string of the molecule is CCN(CC)CCN(C1=CC(=O)CCC1)c1ccc2ncccc2c1. The molecule has 1 heterocycles. The standard InChI is InChI=1S/C21H27N3O/c1-3-23(4-2)13-14-24(18-8-5-9-20(25)16-18)19-10-11-21-17(15-19)7-6-12-22-21/h6-7,10-12,15-16H,3-5,8-9,13-14H2,1-2H3. The third-order valence-electron chi connectivity index (χ3n) is 4.96. The van der Waals surface area contributed by atoms with E-state index in [-0.39, 0.29) is 5.78 Å². The number of allylic oxidation sites excluding steroid dienone is 2. The van der Waals surface area contributed by atoms with Crippen LogP contribution in [-0.4, -0.2) is 41.8 Å². The molecule has 25 heavy (non-hydrogen) atoms. The maximum atomic E-state index is 11.9. The number of anilines is 1. The second kappa shape index (κ2) is 8.26. The lowest BCUT2D eigenvalue weighted by Gasteiger charge is -2.31. The minimum absolute atomic E-state index is 0.247. The first kappa shape index (κ1) is 17.6. The molecule has 0 bridgehead atoms. The van der Waals surface area contributed by atoms with Crippen molar-refractivity contribution < 1.29 is 4.79 Å². The van der Waals surface area contributed by atoms with Gasteiger partial charge in [0.05, 0.1) is 5.52 Å². The lowest BCUT2D eigenvalue weighted by atomic mass is 10.0. The number of benzene rings is 1. The number of likely N-dealkylation sites (N-methyl/N-ethyl adjacent to an activating group) is 1. The summed E-state index contributed by atoms with van der Waals surface area (Å²) in [6.07, 6.45) is 6.26. The molecule has 0 radical (unpaired) electrons. The Morgan fingerprint density at radius 2 is 1.92 bits per heavy atom. The number of fused-ring (bicyclic) bond motifs is 1. The third kappa shape index (κ3) is 4.26. The van der Waals surface area contributed by atoms with Gasteiger partial charge >= 0.3 is 0 Å². The van der Waals surface area contributed by atoms with Gasteiger partial charge in [0.2, 0.25) is 0 Å². The van der Waals surface area contributed by atoms with Crippen molar-refractivity contribution in [3.8, 4) is 0 Å². The van der Waals surface area contributed by atoms with Gasteiger partial charge in [-0.15, -0.1) is 0 Å². The van der Waals surface area contributed by atoms with Gasteiger partial charge in [-0.05, 0) is 50.2 Å². The number of carbonyl (C=O) groups excluding carboxylic acids is 1. The summed E-state index contributed by atoms with van der Waals surface area (Å²) < 4.78 is 0. The van der Waals surface area contributed by atoms with Crippen LogP contribution in [0.15, 0.2) is 48.3 Å². The molecule has 2 aromatic rings. The third-order valence-corrected chi connectivity index (χ3v) is 4.96. The van der Waals surface area contributed by atoms with Gasteiger partial charge in [-0.1, -0.05) is 19.9 Å². The van der Waals surface area contributed by atoms with Crippen molar-refractivity contribution in [2.45, 2.75) is 33.1 Å². The number of pyridine rings is 1. The smallest absolute Gasteiger partial charge is 0.157 e. The lowest BCUT2D eigenvalue weighted by molar-refractivity contribution is -0.115. The molecular weight excluding hydrogens is 310 g/mol. The molecular formula is C21H27N3O. The summed E-state index contributed by atoms with van der Waals surface area (Å²) in [5.41, 5.74) is 3.30. The van der Waals surface area contributed by atoms with E-state index in [1.54, 1.807) is 0 Å². The Morgan fingerprint density at radius 1 is 1.08 bits per heavy atom. The maximum Gasteiger partial charge on any atom is 0.157 e. The normalized spacial score (nSPS) is 14.8. The van der Waals surface area contributed by atoms with Gasteiger partial charge in [0.25, 0.3) is 0 Å². The molecule has 0 saturated heterocycles. The zero-order chi connectivity index (χ0) is 17.6. The second-order valence-corrected chi connectivity index (χ2v) is 6.51. The predicted molar refractivity (Wildman–Crippen MR) is 104 cm³/mol. The average molecular weight is 337 g/mol. The van der Waals surface area contributed by atoms with E-state index in [1.165, 1.54) is 0 Å². The molecule has 132 valence electrons. The van der Waals surface area contributed by atoms with E-state index in [2.05, 4.69) is 52.9 Å². The molecule has 4 heteroatoms. The molecule has 0 atom stereocenters. The van der Waals surface area contributed by atoms with Crippen molar-refractivity contribution in [1.82, 2.24) is 9.88 Å². The van der Waals surface area contributed by atoms with Crippen LogP contribution < -0.4 is 4.90 Å². The quantitative estimate of drug-likeness (QED) is 0.764. The monoisotopic (exact) mass is 337 g/mol. The second-order valence-electron chi connectivity index (χ2n) is 6.51. The fraction of sp³-hybridized carbons (Fsp3) is 0.429. The topological polar surface area (TPSA) is 36.4 Å². The largest absolute Gasteiger partial charge is 0.344 e. The van der Waals surface area contributed by atoms with Crippen LogP contribution in [-0.2, 0) is 4.79 Å². The molecule has 0 aliphatic heterocycles. The fourth-order valence-electron chi connectivity index (χ4n) is 3.44. The fourth-order valence-corrected chi connectivity index (χ4v) is 3.44. The van der Waals surface area contributed by atoms with E-state index in [9.17, 15) is 4.79 Å². The van der Waals surface area contributed by atoms with E-state index in [0.717, 1.165) is 61.3 Å². The first-order chi connectivity index (χ1) is 12.2. The summed E-state index contributed by atoms with van der Waals surface area (Å²) >= 11 is 0. The van der Waals surface area contributed by atoms with Crippen molar-refractivity contribution in [1.29, 1.82) is 0 Å². The highest BCUT2D eigenvalue weighted by atomic mass is 16.1. The van der Waals surface area contributed by atoms with Crippen LogP contribution in [0.2, 0.25) is 0 Å². The number of hydrogen-bond donors (Lipinski definition) is 0. The van der Waals surface area contributed by atoms with Crippen molar-refractivity contribution in [3.63, 3.8) is 0 Å². The Labute approximate surface area is 150 Å². The van der Waals surface area contributed by atoms with Crippen LogP contribution in [0.5, 0.6) is 0 Å². The summed E-state index contributed by atoms with van der Waals surface area (Å²) in [7, 11) is 0. The predicted octanol–water partition coefficient (Wildman–Crippen LogP) is 4.02. The minimum atomic E-state index is 0.247. The molecule has 0 unspecified atom stereocenters. The molecule has 1 aliphatic rings. The highest BCUT2D eigenvalue weighted by Gasteiger charge is 2.18. The van der Waals surface area contributed by atoms with Crippen molar-refractivity contribution in [2.75, 3.05) is 31.1 Å². The van der Waals surface area contributed by atoms with E-state index < -0.39 is 0 Å². The summed E-state index contributed by atoms with van der Waals surface area (Å²) in [4.78, 5) is 21.1. The van der Waals surface area contributed by atoms with Gasteiger partial charge in [-0.3, -0.25) is 9.78 Å².